The Kier molecular flexibility index (Phi) is 1.78. The number of aliphatic hydroxyl groups is 1. The molecule has 0 saturated carbocycles. The van der Waals surface area contributed by atoms with Crippen molar-refractivity contribution < 1.29 is 5.11 Å². The molecule has 2 heteroatoms. The summed E-state index contributed by atoms with van der Waals surface area (Å²) in [7, 11) is 0. The first-order valence-electron chi connectivity index (χ1n) is 3.59. The third-order valence-electron chi connectivity index (χ3n) is 1.98. The number of nitrogens with zero attached hydrogens (tertiary/aromatic N) is 1. The highest BCUT2D eigenvalue weighted by Crippen LogP contribution is 2.18. The van der Waals surface area contributed by atoms with Gasteiger partial charge in [-0.3, -0.25) is 0 Å². The highest BCUT2D eigenvalue weighted by Gasteiger charge is 2.29. The van der Waals surface area contributed by atoms with Gasteiger partial charge in [-0.15, -0.1) is 0 Å². The normalized spacial score (nSPS) is 37.7. The zero-order chi connectivity index (χ0) is 6.91. The Balaban J connectivity index is 2.38. The van der Waals surface area contributed by atoms with Gasteiger partial charge in [0.15, 0.2) is 0 Å². The van der Waals surface area contributed by atoms with E-state index in [2.05, 4.69) is 11.8 Å². The summed E-state index contributed by atoms with van der Waals surface area (Å²) in [5.74, 6) is 0. The summed E-state index contributed by atoms with van der Waals surface area (Å²) < 4.78 is 0. The minimum Gasteiger partial charge on any atom is -0.389 e. The molecule has 0 amide bonds. The second kappa shape index (κ2) is 2.27. The van der Waals surface area contributed by atoms with Crippen LogP contribution in [-0.4, -0.2) is 35.2 Å². The van der Waals surface area contributed by atoms with Crippen LogP contribution in [0.4, 0.5) is 0 Å². The summed E-state index contributed by atoms with van der Waals surface area (Å²) in [4.78, 5) is 2.26. The summed E-state index contributed by atoms with van der Waals surface area (Å²) in [5, 5.41) is 9.45. The van der Waals surface area contributed by atoms with Crippen LogP contribution >= 0.6 is 0 Å². The molecule has 1 N–H and O–H groups in total. The highest BCUT2D eigenvalue weighted by atomic mass is 16.3. The van der Waals surface area contributed by atoms with Crippen molar-refractivity contribution in [3.63, 3.8) is 0 Å². The maximum Gasteiger partial charge on any atom is 0.0758 e. The van der Waals surface area contributed by atoms with Crippen LogP contribution in [0.5, 0.6) is 0 Å². The second-order valence-corrected chi connectivity index (χ2v) is 3.12. The molecule has 2 nitrogen and oxygen atoms in total. The van der Waals surface area contributed by atoms with E-state index in [4.69, 9.17) is 0 Å². The van der Waals surface area contributed by atoms with E-state index in [0.717, 1.165) is 26.1 Å². The van der Waals surface area contributed by atoms with Crippen molar-refractivity contribution in [2.24, 2.45) is 0 Å². The Labute approximate surface area is 56.5 Å². The van der Waals surface area contributed by atoms with Gasteiger partial charge in [0.1, 0.15) is 0 Å². The molecule has 9 heavy (non-hydrogen) atoms. The molecule has 1 aliphatic heterocycles. The molecule has 1 fully saturated rings. The molecule has 0 bridgehead atoms. The lowest BCUT2D eigenvalue weighted by Gasteiger charge is -2.16. The quantitative estimate of drug-likeness (QED) is 0.556. The second-order valence-electron chi connectivity index (χ2n) is 3.12. The van der Waals surface area contributed by atoms with Crippen LogP contribution in [0, 0.1) is 0 Å². The molecule has 0 radical (unpaired) electrons. The Morgan fingerprint density at radius 1 is 1.67 bits per heavy atom. The highest BCUT2D eigenvalue weighted by molar-refractivity contribution is 4.84. The predicted molar refractivity (Wildman–Crippen MR) is 37.4 cm³/mol. The molecule has 1 saturated heterocycles. The van der Waals surface area contributed by atoms with Crippen LogP contribution in [0.2, 0.25) is 0 Å². The molecule has 54 valence electrons. The smallest absolute Gasteiger partial charge is 0.0758 e. The first-order chi connectivity index (χ1) is 4.14. The van der Waals surface area contributed by atoms with Gasteiger partial charge in [-0.1, -0.05) is 6.92 Å². The van der Waals surface area contributed by atoms with Crippen molar-refractivity contribution in [2.75, 3.05) is 19.6 Å². The van der Waals surface area contributed by atoms with Gasteiger partial charge in [-0.05, 0) is 19.9 Å². The van der Waals surface area contributed by atoms with Gasteiger partial charge >= 0.3 is 0 Å². The first kappa shape index (κ1) is 7.03. The average molecular weight is 129 g/mol. The van der Waals surface area contributed by atoms with Crippen molar-refractivity contribution in [1.82, 2.24) is 4.90 Å². The first-order valence-corrected chi connectivity index (χ1v) is 3.59. The average Bonchev–Trinajstić information content (AvgIpc) is 2.10. The van der Waals surface area contributed by atoms with Crippen molar-refractivity contribution >= 4 is 0 Å². The van der Waals surface area contributed by atoms with Gasteiger partial charge in [0, 0.05) is 13.1 Å². The lowest BCUT2D eigenvalue weighted by atomic mass is 10.1. The monoisotopic (exact) mass is 129 g/mol. The molecule has 1 atom stereocenters. The van der Waals surface area contributed by atoms with Gasteiger partial charge in [-0.2, -0.15) is 0 Å². The topological polar surface area (TPSA) is 23.5 Å². The summed E-state index contributed by atoms with van der Waals surface area (Å²) in [5.41, 5.74) is -0.407. The molecule has 0 spiro atoms. The molecule has 1 rings (SSSR count). The minimum absolute atomic E-state index is 0.407. The Morgan fingerprint density at radius 3 is 2.56 bits per heavy atom. The van der Waals surface area contributed by atoms with Crippen molar-refractivity contribution in [3.8, 4) is 0 Å². The van der Waals surface area contributed by atoms with Crippen LogP contribution in [0.15, 0.2) is 0 Å². The molecule has 1 aliphatic rings. The van der Waals surface area contributed by atoms with Crippen LogP contribution < -0.4 is 0 Å². The van der Waals surface area contributed by atoms with E-state index in [1.807, 2.05) is 6.92 Å². The Hall–Kier alpha value is -0.0800. The molecule has 0 aromatic carbocycles. The van der Waals surface area contributed by atoms with Crippen molar-refractivity contribution in [3.05, 3.63) is 0 Å². The van der Waals surface area contributed by atoms with Crippen LogP contribution in [0.1, 0.15) is 20.3 Å². The zero-order valence-corrected chi connectivity index (χ0v) is 6.22. The molecule has 1 heterocycles. The van der Waals surface area contributed by atoms with Crippen molar-refractivity contribution in [2.45, 2.75) is 25.9 Å². The Morgan fingerprint density at radius 2 is 2.33 bits per heavy atom. The van der Waals surface area contributed by atoms with E-state index in [0.29, 0.717) is 0 Å². The fourth-order valence-corrected chi connectivity index (χ4v) is 1.31. The van der Waals surface area contributed by atoms with Crippen molar-refractivity contribution in [1.29, 1.82) is 0 Å². The van der Waals surface area contributed by atoms with Crippen LogP contribution in [0.3, 0.4) is 0 Å². The number of β-amino-alcohol motifs (C(OH)–C–C–N with tert-alkyl or cyclic N) is 1. The van der Waals surface area contributed by atoms with E-state index in [1.165, 1.54) is 0 Å². The zero-order valence-electron chi connectivity index (χ0n) is 6.22. The standard InChI is InChI=1S/C7H15NO/c1-3-8-5-4-7(2,9)6-8/h9H,3-6H2,1-2H3. The van der Waals surface area contributed by atoms with E-state index in [1.54, 1.807) is 0 Å². The maximum atomic E-state index is 9.45. The van der Waals surface area contributed by atoms with Gasteiger partial charge in [0.2, 0.25) is 0 Å². The van der Waals surface area contributed by atoms with E-state index >= 15 is 0 Å². The summed E-state index contributed by atoms with van der Waals surface area (Å²) in [6.45, 7) is 7.01. The number of hydrogen-bond acceptors (Lipinski definition) is 2. The SMILES string of the molecule is CCN1CCC(C)(O)C1. The third kappa shape index (κ3) is 1.66. The van der Waals surface area contributed by atoms with Gasteiger partial charge in [0.25, 0.3) is 0 Å². The molecule has 1 unspecified atom stereocenters. The number of likely N-dealkylation sites (N-methyl/N-ethyl adjacent to an activating group) is 1. The fourth-order valence-electron chi connectivity index (χ4n) is 1.31. The summed E-state index contributed by atoms with van der Waals surface area (Å²) in [6.07, 6.45) is 0.931. The van der Waals surface area contributed by atoms with Gasteiger partial charge in [-0.25, -0.2) is 0 Å². The van der Waals surface area contributed by atoms with Gasteiger partial charge < -0.3 is 10.0 Å². The third-order valence-corrected chi connectivity index (χ3v) is 1.98. The molecular weight excluding hydrogens is 114 g/mol. The Bertz CT molecular complexity index is 101. The largest absolute Gasteiger partial charge is 0.389 e. The van der Waals surface area contributed by atoms with Crippen LogP contribution in [0.25, 0.3) is 0 Å². The lowest BCUT2D eigenvalue weighted by Crippen LogP contribution is -2.29. The molecular formula is C7H15NO. The van der Waals surface area contributed by atoms with Crippen LogP contribution in [-0.2, 0) is 0 Å². The molecule has 0 aliphatic carbocycles. The number of hydrogen-bond donors (Lipinski definition) is 1. The number of likely N-dealkylation sites (tertiary alicyclic amines) is 1. The number of rotatable bonds is 1. The molecule has 0 aromatic rings. The van der Waals surface area contributed by atoms with E-state index < -0.39 is 5.60 Å². The summed E-state index contributed by atoms with van der Waals surface area (Å²) >= 11 is 0. The summed E-state index contributed by atoms with van der Waals surface area (Å²) in [6, 6.07) is 0. The fraction of sp³-hybridized carbons (Fsp3) is 1.00. The van der Waals surface area contributed by atoms with E-state index in [9.17, 15) is 5.11 Å². The van der Waals surface area contributed by atoms with E-state index in [-0.39, 0.29) is 0 Å². The maximum absolute atomic E-state index is 9.45. The lowest BCUT2D eigenvalue weighted by molar-refractivity contribution is 0.0695. The minimum atomic E-state index is -0.407. The predicted octanol–water partition coefficient (Wildman–Crippen LogP) is 0.463. The van der Waals surface area contributed by atoms with Gasteiger partial charge in [0.05, 0.1) is 5.60 Å². The molecule has 0 aromatic heterocycles.